The first-order chi connectivity index (χ1) is 7.24. The number of nitrogens with one attached hydrogen (secondary N) is 1. The molecule has 1 heterocycles. The summed E-state index contributed by atoms with van der Waals surface area (Å²) in [5.41, 5.74) is 5.48. The lowest BCUT2D eigenvalue weighted by molar-refractivity contribution is 0.381. The zero-order valence-corrected chi connectivity index (χ0v) is 9.83. The Bertz CT molecular complexity index is 299. The Morgan fingerprint density at radius 3 is 2.73 bits per heavy atom. The standard InChI is InChI=1S/C12H21N3/c1-4-9(3)12(15-13)11-6-7-14-8-10(11)5-2/h6-9,12,15H,4-5,13H2,1-3H3. The van der Waals surface area contributed by atoms with Crippen molar-refractivity contribution in [2.24, 2.45) is 11.8 Å². The highest BCUT2D eigenvalue weighted by molar-refractivity contribution is 5.27. The van der Waals surface area contributed by atoms with Gasteiger partial charge in [0.15, 0.2) is 0 Å². The predicted octanol–water partition coefficient (Wildman–Crippen LogP) is 2.19. The third kappa shape index (κ3) is 2.76. The number of hydrazine groups is 1. The molecule has 0 aliphatic rings. The molecular formula is C12H21N3. The monoisotopic (exact) mass is 207 g/mol. The summed E-state index contributed by atoms with van der Waals surface area (Å²) in [5.74, 6) is 6.16. The number of nitrogens with two attached hydrogens (primary N) is 1. The van der Waals surface area contributed by atoms with Gasteiger partial charge in [0.25, 0.3) is 0 Å². The summed E-state index contributed by atoms with van der Waals surface area (Å²) in [6.07, 6.45) is 5.88. The van der Waals surface area contributed by atoms with Crippen LogP contribution >= 0.6 is 0 Å². The minimum absolute atomic E-state index is 0.230. The lowest BCUT2D eigenvalue weighted by atomic mass is 9.90. The maximum atomic E-state index is 5.63. The molecule has 0 aliphatic heterocycles. The number of pyridine rings is 1. The topological polar surface area (TPSA) is 50.9 Å². The SMILES string of the molecule is CCc1cnccc1C(NN)C(C)CC. The summed E-state index contributed by atoms with van der Waals surface area (Å²) in [6.45, 7) is 6.54. The van der Waals surface area contributed by atoms with Crippen molar-refractivity contribution in [2.45, 2.75) is 39.7 Å². The molecule has 0 fully saturated rings. The van der Waals surface area contributed by atoms with Crippen molar-refractivity contribution in [2.75, 3.05) is 0 Å². The van der Waals surface area contributed by atoms with Crippen LogP contribution in [0.25, 0.3) is 0 Å². The molecule has 3 nitrogen and oxygen atoms in total. The Labute approximate surface area is 92.1 Å². The number of aromatic nitrogens is 1. The number of nitrogens with zero attached hydrogens (tertiary/aromatic N) is 1. The van der Waals surface area contributed by atoms with Crippen LogP contribution in [-0.2, 0) is 6.42 Å². The maximum absolute atomic E-state index is 5.63. The number of hydrogen-bond acceptors (Lipinski definition) is 3. The molecule has 0 amide bonds. The molecule has 0 saturated carbocycles. The van der Waals surface area contributed by atoms with Gasteiger partial charge in [-0.05, 0) is 29.5 Å². The number of aryl methyl sites for hydroxylation is 1. The average Bonchev–Trinajstić information content (AvgIpc) is 2.30. The fourth-order valence-electron chi connectivity index (χ4n) is 1.83. The van der Waals surface area contributed by atoms with E-state index in [-0.39, 0.29) is 6.04 Å². The minimum Gasteiger partial charge on any atom is -0.271 e. The van der Waals surface area contributed by atoms with Crippen LogP contribution in [0.3, 0.4) is 0 Å². The van der Waals surface area contributed by atoms with Crippen molar-refractivity contribution in [3.8, 4) is 0 Å². The van der Waals surface area contributed by atoms with E-state index >= 15 is 0 Å². The molecule has 84 valence electrons. The molecule has 0 bridgehead atoms. The van der Waals surface area contributed by atoms with E-state index in [1.165, 1.54) is 11.1 Å². The molecule has 0 aromatic carbocycles. The Morgan fingerprint density at radius 2 is 2.20 bits per heavy atom. The lowest BCUT2D eigenvalue weighted by Gasteiger charge is -2.24. The van der Waals surface area contributed by atoms with Gasteiger partial charge in [0.05, 0.1) is 0 Å². The van der Waals surface area contributed by atoms with Gasteiger partial charge in [-0.1, -0.05) is 27.2 Å². The molecule has 3 heteroatoms. The second-order valence-corrected chi connectivity index (χ2v) is 3.96. The van der Waals surface area contributed by atoms with E-state index in [0.29, 0.717) is 5.92 Å². The fourth-order valence-corrected chi connectivity index (χ4v) is 1.83. The lowest BCUT2D eigenvalue weighted by Crippen LogP contribution is -2.33. The normalized spacial score (nSPS) is 14.9. The zero-order chi connectivity index (χ0) is 11.3. The molecule has 15 heavy (non-hydrogen) atoms. The van der Waals surface area contributed by atoms with E-state index < -0.39 is 0 Å². The Balaban J connectivity index is 3.00. The second kappa shape index (κ2) is 5.83. The molecule has 0 aliphatic carbocycles. The van der Waals surface area contributed by atoms with Crippen LogP contribution in [0.1, 0.15) is 44.4 Å². The first-order valence-corrected chi connectivity index (χ1v) is 5.63. The van der Waals surface area contributed by atoms with Gasteiger partial charge < -0.3 is 0 Å². The molecular weight excluding hydrogens is 186 g/mol. The van der Waals surface area contributed by atoms with Gasteiger partial charge in [-0.3, -0.25) is 16.3 Å². The summed E-state index contributed by atoms with van der Waals surface area (Å²) < 4.78 is 0. The van der Waals surface area contributed by atoms with Crippen molar-refractivity contribution in [3.05, 3.63) is 29.6 Å². The number of hydrogen-bond donors (Lipinski definition) is 2. The van der Waals surface area contributed by atoms with Gasteiger partial charge in [-0.25, -0.2) is 0 Å². The van der Waals surface area contributed by atoms with E-state index in [9.17, 15) is 0 Å². The van der Waals surface area contributed by atoms with Gasteiger partial charge in [0.1, 0.15) is 0 Å². The third-order valence-electron chi connectivity index (χ3n) is 3.05. The van der Waals surface area contributed by atoms with E-state index in [2.05, 4.69) is 37.2 Å². The van der Waals surface area contributed by atoms with Crippen LogP contribution < -0.4 is 11.3 Å². The van der Waals surface area contributed by atoms with Crippen molar-refractivity contribution >= 4 is 0 Å². The summed E-state index contributed by atoms with van der Waals surface area (Å²) in [7, 11) is 0. The molecule has 2 atom stereocenters. The molecule has 1 aromatic heterocycles. The van der Waals surface area contributed by atoms with Crippen molar-refractivity contribution in [1.29, 1.82) is 0 Å². The Hall–Kier alpha value is -0.930. The Kier molecular flexibility index (Phi) is 4.72. The smallest absolute Gasteiger partial charge is 0.0489 e. The highest BCUT2D eigenvalue weighted by Gasteiger charge is 2.18. The Morgan fingerprint density at radius 1 is 1.47 bits per heavy atom. The minimum atomic E-state index is 0.230. The van der Waals surface area contributed by atoms with Gasteiger partial charge in [-0.15, -0.1) is 0 Å². The maximum Gasteiger partial charge on any atom is 0.0489 e. The molecule has 1 rings (SSSR count). The van der Waals surface area contributed by atoms with Crippen LogP contribution in [0.2, 0.25) is 0 Å². The van der Waals surface area contributed by atoms with Crippen molar-refractivity contribution < 1.29 is 0 Å². The van der Waals surface area contributed by atoms with Gasteiger partial charge >= 0.3 is 0 Å². The highest BCUT2D eigenvalue weighted by Crippen LogP contribution is 2.26. The van der Waals surface area contributed by atoms with Crippen molar-refractivity contribution in [1.82, 2.24) is 10.4 Å². The summed E-state index contributed by atoms with van der Waals surface area (Å²) in [4.78, 5) is 4.15. The average molecular weight is 207 g/mol. The van der Waals surface area contributed by atoms with E-state index in [1.54, 1.807) is 0 Å². The van der Waals surface area contributed by atoms with Crippen molar-refractivity contribution in [3.63, 3.8) is 0 Å². The molecule has 3 N–H and O–H groups in total. The van der Waals surface area contributed by atoms with Gasteiger partial charge in [-0.2, -0.15) is 0 Å². The van der Waals surface area contributed by atoms with E-state index in [1.807, 2.05) is 12.4 Å². The third-order valence-corrected chi connectivity index (χ3v) is 3.05. The molecule has 0 saturated heterocycles. The highest BCUT2D eigenvalue weighted by atomic mass is 15.2. The zero-order valence-electron chi connectivity index (χ0n) is 9.83. The second-order valence-electron chi connectivity index (χ2n) is 3.96. The molecule has 2 unspecified atom stereocenters. The van der Waals surface area contributed by atoms with E-state index in [4.69, 9.17) is 5.84 Å². The molecule has 1 aromatic rings. The summed E-state index contributed by atoms with van der Waals surface area (Å²) in [5, 5.41) is 0. The quantitative estimate of drug-likeness (QED) is 0.575. The van der Waals surface area contributed by atoms with Gasteiger partial charge in [0.2, 0.25) is 0 Å². The van der Waals surface area contributed by atoms with Gasteiger partial charge in [0, 0.05) is 18.4 Å². The largest absolute Gasteiger partial charge is 0.271 e. The molecule has 0 radical (unpaired) electrons. The van der Waals surface area contributed by atoms with Crippen LogP contribution in [0.5, 0.6) is 0 Å². The van der Waals surface area contributed by atoms with Crippen LogP contribution in [-0.4, -0.2) is 4.98 Å². The van der Waals surface area contributed by atoms with E-state index in [0.717, 1.165) is 12.8 Å². The molecule has 0 spiro atoms. The predicted molar refractivity (Wildman–Crippen MR) is 63.1 cm³/mol. The van der Waals surface area contributed by atoms with Crippen LogP contribution in [0, 0.1) is 5.92 Å². The summed E-state index contributed by atoms with van der Waals surface area (Å²) >= 11 is 0. The van der Waals surface area contributed by atoms with Crippen LogP contribution in [0.4, 0.5) is 0 Å². The first kappa shape index (κ1) is 12.1. The van der Waals surface area contributed by atoms with Crippen LogP contribution in [0.15, 0.2) is 18.5 Å². The fraction of sp³-hybridized carbons (Fsp3) is 0.583. The number of rotatable bonds is 5. The summed E-state index contributed by atoms with van der Waals surface area (Å²) in [6, 6.07) is 2.29. The first-order valence-electron chi connectivity index (χ1n) is 5.63.